The second-order valence-corrected chi connectivity index (χ2v) is 5.50. The van der Waals surface area contributed by atoms with Crippen molar-refractivity contribution in [3.63, 3.8) is 0 Å². The third kappa shape index (κ3) is 1.91. The number of nitrogens with zero attached hydrogens (tertiary/aromatic N) is 5. The van der Waals surface area contributed by atoms with Gasteiger partial charge in [-0.1, -0.05) is 0 Å². The molecule has 0 aromatic carbocycles. The highest BCUT2D eigenvalue weighted by Gasteiger charge is 2.30. The molecule has 20 heavy (non-hydrogen) atoms. The van der Waals surface area contributed by atoms with Crippen molar-refractivity contribution < 1.29 is 4.42 Å². The second kappa shape index (κ2) is 4.46. The Kier molecular flexibility index (Phi) is 2.60. The topological polar surface area (TPSA) is 70.9 Å². The van der Waals surface area contributed by atoms with Gasteiger partial charge in [-0.25, -0.2) is 4.98 Å². The lowest BCUT2D eigenvalue weighted by Crippen LogP contribution is -2.47. The minimum Gasteiger partial charge on any atom is -0.444 e. The Morgan fingerprint density at radius 2 is 2.30 bits per heavy atom. The Labute approximate surface area is 116 Å². The van der Waals surface area contributed by atoms with Gasteiger partial charge in [-0.3, -0.25) is 9.58 Å². The highest BCUT2D eigenvalue weighted by molar-refractivity contribution is 5.22. The van der Waals surface area contributed by atoms with Crippen LogP contribution in [0.5, 0.6) is 0 Å². The van der Waals surface area contributed by atoms with E-state index in [4.69, 9.17) is 9.68 Å². The van der Waals surface area contributed by atoms with Crippen LogP contribution in [0.3, 0.4) is 0 Å². The van der Waals surface area contributed by atoms with Crippen LogP contribution in [-0.2, 0) is 19.4 Å². The van der Waals surface area contributed by atoms with Gasteiger partial charge in [-0.15, -0.1) is 0 Å². The van der Waals surface area contributed by atoms with E-state index in [0.717, 1.165) is 49.8 Å². The fourth-order valence-corrected chi connectivity index (χ4v) is 2.94. The summed E-state index contributed by atoms with van der Waals surface area (Å²) in [5.74, 6) is 1.93. The van der Waals surface area contributed by atoms with E-state index in [1.54, 1.807) is 6.20 Å². The summed E-state index contributed by atoms with van der Waals surface area (Å²) in [6, 6.07) is 2.46. The Hall–Kier alpha value is -2.13. The van der Waals surface area contributed by atoms with Crippen LogP contribution in [0.25, 0.3) is 0 Å². The summed E-state index contributed by atoms with van der Waals surface area (Å²) >= 11 is 0. The van der Waals surface area contributed by atoms with Gasteiger partial charge < -0.3 is 4.42 Å². The molecule has 0 bridgehead atoms. The molecule has 0 radical (unpaired) electrons. The molecule has 1 aliphatic heterocycles. The predicted octanol–water partition coefficient (Wildman–Crippen LogP) is 1.29. The van der Waals surface area contributed by atoms with Crippen molar-refractivity contribution in [1.82, 2.24) is 19.7 Å². The molecule has 1 saturated heterocycles. The summed E-state index contributed by atoms with van der Waals surface area (Å²) in [7, 11) is 0. The smallest absolute Gasteiger partial charge is 0.208 e. The number of hydrogen-bond donors (Lipinski definition) is 0. The molecule has 2 aromatic rings. The van der Waals surface area contributed by atoms with Gasteiger partial charge >= 0.3 is 0 Å². The van der Waals surface area contributed by atoms with Crippen molar-refractivity contribution in [3.8, 4) is 6.07 Å². The Bertz CT molecular complexity index is 653. The first-order valence-corrected chi connectivity index (χ1v) is 6.96. The zero-order valence-electron chi connectivity index (χ0n) is 11.1. The summed E-state index contributed by atoms with van der Waals surface area (Å²) in [6.45, 7) is 2.63. The number of oxazole rings is 1. The molecule has 1 aliphatic carbocycles. The quantitative estimate of drug-likeness (QED) is 0.839. The number of aromatic nitrogens is 3. The van der Waals surface area contributed by atoms with Crippen LogP contribution < -0.4 is 0 Å². The second-order valence-electron chi connectivity index (χ2n) is 5.50. The van der Waals surface area contributed by atoms with Gasteiger partial charge in [0.05, 0.1) is 30.0 Å². The van der Waals surface area contributed by atoms with Crippen molar-refractivity contribution >= 4 is 0 Å². The monoisotopic (exact) mass is 269 g/mol. The van der Waals surface area contributed by atoms with Crippen LogP contribution >= 0.6 is 0 Å². The zero-order valence-corrected chi connectivity index (χ0v) is 11.1. The Morgan fingerprint density at radius 1 is 1.40 bits per heavy atom. The number of fused-ring (bicyclic) bond motifs is 1. The molecule has 6 nitrogen and oxygen atoms in total. The van der Waals surface area contributed by atoms with E-state index >= 15 is 0 Å². The average molecular weight is 269 g/mol. The first-order valence-electron chi connectivity index (χ1n) is 6.96. The number of aryl methyl sites for hydroxylation is 2. The number of nitriles is 1. The summed E-state index contributed by atoms with van der Waals surface area (Å²) < 4.78 is 7.66. The normalized spacial score (nSPS) is 18.8. The summed E-state index contributed by atoms with van der Waals surface area (Å²) in [4.78, 5) is 6.85. The molecule has 1 fully saturated rings. The van der Waals surface area contributed by atoms with Gasteiger partial charge in [0.25, 0.3) is 0 Å². The summed E-state index contributed by atoms with van der Waals surface area (Å²) in [6.07, 6.45) is 6.69. The lowest BCUT2D eigenvalue weighted by Gasteiger charge is -2.38. The molecular formula is C14H15N5O. The molecule has 2 aromatic heterocycles. The largest absolute Gasteiger partial charge is 0.444 e. The zero-order chi connectivity index (χ0) is 13.5. The molecule has 0 spiro atoms. The fourth-order valence-electron chi connectivity index (χ4n) is 2.94. The van der Waals surface area contributed by atoms with Gasteiger partial charge in [-0.05, 0) is 12.8 Å². The minimum absolute atomic E-state index is 0.360. The molecule has 4 rings (SSSR count). The van der Waals surface area contributed by atoms with Gasteiger partial charge in [0.1, 0.15) is 11.8 Å². The van der Waals surface area contributed by atoms with E-state index < -0.39 is 0 Å². The lowest BCUT2D eigenvalue weighted by molar-refractivity contribution is 0.0810. The maximum absolute atomic E-state index is 8.79. The predicted molar refractivity (Wildman–Crippen MR) is 69.8 cm³/mol. The van der Waals surface area contributed by atoms with Crippen LogP contribution in [0.4, 0.5) is 0 Å². The molecule has 2 aliphatic rings. The molecule has 0 saturated carbocycles. The van der Waals surface area contributed by atoms with Gasteiger partial charge in [0.2, 0.25) is 5.89 Å². The van der Waals surface area contributed by atoms with Crippen LogP contribution in [0.1, 0.15) is 35.4 Å². The lowest BCUT2D eigenvalue weighted by atomic mass is 10.1. The van der Waals surface area contributed by atoms with Crippen molar-refractivity contribution in [1.29, 1.82) is 5.26 Å². The molecule has 102 valence electrons. The molecule has 0 atom stereocenters. The van der Waals surface area contributed by atoms with Crippen LogP contribution in [-0.4, -0.2) is 32.8 Å². The number of rotatable bonds is 3. The van der Waals surface area contributed by atoms with Crippen LogP contribution in [0, 0.1) is 11.3 Å². The van der Waals surface area contributed by atoms with E-state index in [1.165, 1.54) is 6.42 Å². The van der Waals surface area contributed by atoms with Crippen molar-refractivity contribution in [2.24, 2.45) is 0 Å². The number of likely N-dealkylation sites (tertiary alicyclic amines) is 1. The Balaban J connectivity index is 1.35. The molecule has 6 heteroatoms. The summed E-state index contributed by atoms with van der Waals surface area (Å²) in [5, 5.41) is 13.0. The van der Waals surface area contributed by atoms with Gasteiger partial charge in [0, 0.05) is 25.7 Å². The van der Waals surface area contributed by atoms with E-state index in [-0.39, 0.29) is 0 Å². The molecule has 0 N–H and O–H groups in total. The molecular weight excluding hydrogens is 254 g/mol. The maximum atomic E-state index is 8.79. The molecule has 0 amide bonds. The van der Waals surface area contributed by atoms with E-state index in [9.17, 15) is 0 Å². The van der Waals surface area contributed by atoms with Crippen molar-refractivity contribution in [2.45, 2.75) is 31.8 Å². The van der Waals surface area contributed by atoms with Gasteiger partial charge in [-0.2, -0.15) is 10.4 Å². The third-order valence-corrected chi connectivity index (χ3v) is 4.04. The van der Waals surface area contributed by atoms with Crippen LogP contribution in [0.15, 0.2) is 16.8 Å². The van der Waals surface area contributed by atoms with Gasteiger partial charge in [0.15, 0.2) is 0 Å². The third-order valence-electron chi connectivity index (χ3n) is 4.04. The van der Waals surface area contributed by atoms with Crippen molar-refractivity contribution in [3.05, 3.63) is 35.3 Å². The highest BCUT2D eigenvalue weighted by atomic mass is 16.4. The summed E-state index contributed by atoms with van der Waals surface area (Å²) in [5.41, 5.74) is 1.77. The standard InChI is InChI=1S/C14H15N5O/c15-4-10-5-16-19(6-10)11-7-18(8-11)9-14-17-12-2-1-3-13(12)20-14/h5-6,11H,1-3,7-9H2. The fraction of sp³-hybridized carbons (Fsp3) is 0.500. The van der Waals surface area contributed by atoms with E-state index in [1.807, 2.05) is 10.9 Å². The Morgan fingerprint density at radius 3 is 3.05 bits per heavy atom. The average Bonchev–Trinajstić information content (AvgIpc) is 3.08. The van der Waals surface area contributed by atoms with E-state index in [2.05, 4.69) is 21.1 Å². The van der Waals surface area contributed by atoms with E-state index in [0.29, 0.717) is 11.6 Å². The number of hydrogen-bond acceptors (Lipinski definition) is 5. The molecule has 3 heterocycles. The maximum Gasteiger partial charge on any atom is 0.208 e. The first-order chi connectivity index (χ1) is 9.81. The molecule has 0 unspecified atom stereocenters. The SMILES string of the molecule is N#Cc1cnn(C2CN(Cc3nc4c(o3)CCC4)C2)c1. The minimum atomic E-state index is 0.360. The van der Waals surface area contributed by atoms with Crippen molar-refractivity contribution in [2.75, 3.05) is 13.1 Å². The first kappa shape index (κ1) is 11.7. The van der Waals surface area contributed by atoms with Crippen LogP contribution in [0.2, 0.25) is 0 Å². The highest BCUT2D eigenvalue weighted by Crippen LogP contribution is 2.26.